The van der Waals surface area contributed by atoms with Gasteiger partial charge >= 0.3 is 0 Å². The Balaban J connectivity index is 2.62. The molecule has 0 radical (unpaired) electrons. The molecule has 0 aromatic carbocycles. The molecule has 0 aromatic heterocycles. The molecule has 0 spiro atoms. The van der Waals surface area contributed by atoms with E-state index in [1.165, 1.54) is 25.7 Å². The molecule has 0 amide bonds. The van der Waals surface area contributed by atoms with E-state index in [-0.39, 0.29) is 5.41 Å². The third-order valence-electron chi connectivity index (χ3n) is 3.06. The first kappa shape index (κ1) is 7.77. The smallest absolute Gasteiger partial charge is 0.00469 e. The molecule has 10 heavy (non-hydrogen) atoms. The molecule has 1 saturated carbocycles. The number of hydrogen-bond acceptors (Lipinski definition) is 1. The van der Waals surface area contributed by atoms with Gasteiger partial charge in [-0.05, 0) is 18.8 Å². The zero-order chi connectivity index (χ0) is 7.61. The maximum Gasteiger partial charge on any atom is 0.00469 e. The van der Waals surface area contributed by atoms with Gasteiger partial charge < -0.3 is 5.41 Å². The number of hydrogen-bond donors (Lipinski definition) is 1. The fourth-order valence-electron chi connectivity index (χ4n) is 1.75. The first-order valence-corrected chi connectivity index (χ1v) is 4.21. The van der Waals surface area contributed by atoms with Crippen LogP contribution in [0.1, 0.15) is 39.5 Å². The average molecular weight is 139 g/mol. The first-order valence-electron chi connectivity index (χ1n) is 4.21. The molecule has 0 bridgehead atoms. The molecular formula is C9H17N. The van der Waals surface area contributed by atoms with Gasteiger partial charge in [0.2, 0.25) is 0 Å². The van der Waals surface area contributed by atoms with Gasteiger partial charge in [-0.1, -0.05) is 26.7 Å². The van der Waals surface area contributed by atoms with Crippen LogP contribution in [0.2, 0.25) is 0 Å². The third-order valence-corrected chi connectivity index (χ3v) is 3.06. The van der Waals surface area contributed by atoms with Gasteiger partial charge in [-0.2, -0.15) is 0 Å². The molecule has 58 valence electrons. The minimum Gasteiger partial charge on any atom is -0.313 e. The second-order valence-electron chi connectivity index (χ2n) is 3.80. The van der Waals surface area contributed by atoms with E-state index in [4.69, 9.17) is 5.41 Å². The van der Waals surface area contributed by atoms with Crippen LogP contribution in [0.5, 0.6) is 0 Å². The summed E-state index contributed by atoms with van der Waals surface area (Å²) in [6.45, 7) is 4.48. The van der Waals surface area contributed by atoms with Crippen molar-refractivity contribution in [3.8, 4) is 0 Å². The predicted octanol–water partition coefficient (Wildman–Crippen LogP) is 2.85. The average Bonchev–Trinajstić information content (AvgIpc) is 1.96. The summed E-state index contributed by atoms with van der Waals surface area (Å²) in [7, 11) is 0. The molecule has 1 aliphatic rings. The zero-order valence-electron chi connectivity index (χ0n) is 6.98. The molecule has 0 aliphatic heterocycles. The van der Waals surface area contributed by atoms with Gasteiger partial charge in [0.15, 0.2) is 0 Å². The van der Waals surface area contributed by atoms with Crippen molar-refractivity contribution in [1.82, 2.24) is 0 Å². The SMILES string of the molecule is CC1CCCCC1(C)C=N. The predicted molar refractivity (Wildman–Crippen MR) is 44.5 cm³/mol. The highest BCUT2D eigenvalue weighted by Gasteiger charge is 2.30. The van der Waals surface area contributed by atoms with E-state index in [1.54, 1.807) is 6.21 Å². The number of rotatable bonds is 1. The maximum atomic E-state index is 7.30. The van der Waals surface area contributed by atoms with Crippen LogP contribution in [0, 0.1) is 16.7 Å². The van der Waals surface area contributed by atoms with Crippen LogP contribution in [0.3, 0.4) is 0 Å². The van der Waals surface area contributed by atoms with Crippen LogP contribution in [0.25, 0.3) is 0 Å². The molecule has 0 heterocycles. The Morgan fingerprint density at radius 1 is 1.50 bits per heavy atom. The minimum absolute atomic E-state index is 0.220. The van der Waals surface area contributed by atoms with Gasteiger partial charge in [0.1, 0.15) is 0 Å². The Morgan fingerprint density at radius 3 is 2.60 bits per heavy atom. The second-order valence-corrected chi connectivity index (χ2v) is 3.80. The zero-order valence-corrected chi connectivity index (χ0v) is 6.98. The van der Waals surface area contributed by atoms with E-state index in [0.29, 0.717) is 0 Å². The summed E-state index contributed by atoms with van der Waals surface area (Å²) in [4.78, 5) is 0. The lowest BCUT2D eigenvalue weighted by molar-refractivity contribution is 0.217. The minimum atomic E-state index is 0.220. The standard InChI is InChI=1S/C9H17N/c1-8-5-3-4-6-9(8,2)7-10/h7-8,10H,3-6H2,1-2H3. The summed E-state index contributed by atoms with van der Waals surface area (Å²) in [5.41, 5.74) is 0.220. The molecule has 2 unspecified atom stereocenters. The first-order chi connectivity index (χ1) is 4.69. The van der Waals surface area contributed by atoms with Crippen LogP contribution in [-0.4, -0.2) is 6.21 Å². The van der Waals surface area contributed by atoms with Crippen molar-refractivity contribution in [2.45, 2.75) is 39.5 Å². The molecule has 0 saturated heterocycles. The van der Waals surface area contributed by atoms with Crippen molar-refractivity contribution in [3.05, 3.63) is 0 Å². The van der Waals surface area contributed by atoms with Gasteiger partial charge in [0.05, 0.1) is 0 Å². The topological polar surface area (TPSA) is 23.9 Å². The molecule has 1 aliphatic carbocycles. The highest BCUT2D eigenvalue weighted by Crippen LogP contribution is 2.38. The van der Waals surface area contributed by atoms with Crippen LogP contribution in [0.15, 0.2) is 0 Å². The normalized spacial score (nSPS) is 41.2. The lowest BCUT2D eigenvalue weighted by atomic mass is 9.69. The van der Waals surface area contributed by atoms with E-state index < -0.39 is 0 Å². The van der Waals surface area contributed by atoms with Gasteiger partial charge in [0.25, 0.3) is 0 Å². The maximum absolute atomic E-state index is 7.30. The van der Waals surface area contributed by atoms with Crippen molar-refractivity contribution in [3.63, 3.8) is 0 Å². The van der Waals surface area contributed by atoms with Crippen molar-refractivity contribution in [2.75, 3.05) is 0 Å². The van der Waals surface area contributed by atoms with Crippen LogP contribution in [0.4, 0.5) is 0 Å². The summed E-state index contributed by atoms with van der Waals surface area (Å²) in [6.07, 6.45) is 6.86. The Morgan fingerprint density at radius 2 is 2.20 bits per heavy atom. The number of nitrogens with one attached hydrogen (secondary N) is 1. The summed E-state index contributed by atoms with van der Waals surface area (Å²) in [5, 5.41) is 7.30. The Labute approximate surface area is 63.3 Å². The summed E-state index contributed by atoms with van der Waals surface area (Å²) in [6, 6.07) is 0. The molecule has 2 atom stereocenters. The largest absolute Gasteiger partial charge is 0.313 e. The third kappa shape index (κ3) is 1.23. The lowest BCUT2D eigenvalue weighted by Crippen LogP contribution is -2.29. The van der Waals surface area contributed by atoms with Gasteiger partial charge in [0, 0.05) is 11.6 Å². The van der Waals surface area contributed by atoms with Gasteiger partial charge in [-0.15, -0.1) is 0 Å². The molecule has 1 nitrogen and oxygen atoms in total. The van der Waals surface area contributed by atoms with Crippen LogP contribution >= 0.6 is 0 Å². The summed E-state index contributed by atoms with van der Waals surface area (Å²) >= 11 is 0. The van der Waals surface area contributed by atoms with Gasteiger partial charge in [-0.25, -0.2) is 0 Å². The van der Waals surface area contributed by atoms with E-state index in [1.807, 2.05) is 0 Å². The van der Waals surface area contributed by atoms with Crippen molar-refractivity contribution < 1.29 is 0 Å². The highest BCUT2D eigenvalue weighted by molar-refractivity contribution is 5.62. The monoisotopic (exact) mass is 139 g/mol. The van der Waals surface area contributed by atoms with Crippen molar-refractivity contribution >= 4 is 6.21 Å². The fraction of sp³-hybridized carbons (Fsp3) is 0.889. The van der Waals surface area contributed by atoms with Gasteiger partial charge in [-0.3, -0.25) is 0 Å². The summed E-state index contributed by atoms with van der Waals surface area (Å²) in [5.74, 6) is 0.721. The van der Waals surface area contributed by atoms with E-state index in [2.05, 4.69) is 13.8 Å². The van der Waals surface area contributed by atoms with E-state index in [9.17, 15) is 0 Å². The second kappa shape index (κ2) is 2.73. The van der Waals surface area contributed by atoms with E-state index >= 15 is 0 Å². The van der Waals surface area contributed by atoms with Crippen LogP contribution in [-0.2, 0) is 0 Å². The molecule has 1 N–H and O–H groups in total. The highest BCUT2D eigenvalue weighted by atomic mass is 14.5. The Hall–Kier alpha value is -0.330. The lowest BCUT2D eigenvalue weighted by Gasteiger charge is -2.35. The molecule has 0 aromatic rings. The fourth-order valence-corrected chi connectivity index (χ4v) is 1.75. The Bertz CT molecular complexity index is 131. The molecular weight excluding hydrogens is 122 g/mol. The van der Waals surface area contributed by atoms with Crippen molar-refractivity contribution in [1.29, 1.82) is 5.41 Å². The molecule has 1 rings (SSSR count). The molecule has 1 fully saturated rings. The summed E-state index contributed by atoms with van der Waals surface area (Å²) < 4.78 is 0. The Kier molecular flexibility index (Phi) is 2.12. The van der Waals surface area contributed by atoms with Crippen LogP contribution < -0.4 is 0 Å². The van der Waals surface area contributed by atoms with E-state index in [0.717, 1.165) is 5.92 Å². The quantitative estimate of drug-likeness (QED) is 0.540. The van der Waals surface area contributed by atoms with Crippen molar-refractivity contribution in [2.24, 2.45) is 11.3 Å². The molecule has 1 heteroatoms.